The summed E-state index contributed by atoms with van der Waals surface area (Å²) in [6, 6.07) is 5.35. The molecule has 1 aromatic heterocycles. The summed E-state index contributed by atoms with van der Waals surface area (Å²) < 4.78 is 41.9. The van der Waals surface area contributed by atoms with E-state index in [1.165, 1.54) is 46.4 Å². The first kappa shape index (κ1) is 21.0. The number of halogens is 1. The minimum absolute atomic E-state index is 0.0139. The minimum Gasteiger partial charge on any atom is -0.368 e. The van der Waals surface area contributed by atoms with Gasteiger partial charge in [0, 0.05) is 33.4 Å². The van der Waals surface area contributed by atoms with Gasteiger partial charge in [-0.2, -0.15) is 4.31 Å². The van der Waals surface area contributed by atoms with Gasteiger partial charge in [-0.05, 0) is 36.6 Å². The van der Waals surface area contributed by atoms with Crippen LogP contribution in [0.1, 0.15) is 34.9 Å². The van der Waals surface area contributed by atoms with Crippen molar-refractivity contribution in [2.75, 3.05) is 20.1 Å². The third kappa shape index (κ3) is 4.03. The highest BCUT2D eigenvalue weighted by atomic mass is 32.2. The van der Waals surface area contributed by atoms with E-state index in [-0.39, 0.29) is 16.2 Å². The van der Waals surface area contributed by atoms with Crippen LogP contribution in [0.3, 0.4) is 0 Å². The number of carbonyl (C=O) groups is 2. The highest BCUT2D eigenvalue weighted by Crippen LogP contribution is 2.26. The SMILES string of the molecule is CN(C(=O)c1cc(S(=O)(=O)N2CCCC2)cn1C)C(C(N)=O)c1cccc(F)c1. The first-order valence-electron chi connectivity index (χ1n) is 9.11. The van der Waals surface area contributed by atoms with Crippen LogP contribution >= 0.6 is 0 Å². The molecule has 1 fully saturated rings. The average molecular weight is 422 g/mol. The van der Waals surface area contributed by atoms with Crippen LogP contribution in [0.2, 0.25) is 0 Å². The van der Waals surface area contributed by atoms with Crippen molar-refractivity contribution in [1.29, 1.82) is 0 Å². The number of hydrogen-bond acceptors (Lipinski definition) is 4. The summed E-state index contributed by atoms with van der Waals surface area (Å²) >= 11 is 0. The molecule has 2 N–H and O–H groups in total. The van der Waals surface area contributed by atoms with E-state index in [1.54, 1.807) is 7.05 Å². The van der Waals surface area contributed by atoms with Gasteiger partial charge in [0.2, 0.25) is 15.9 Å². The van der Waals surface area contributed by atoms with Crippen LogP contribution in [-0.2, 0) is 21.9 Å². The molecular weight excluding hydrogens is 399 g/mol. The lowest BCUT2D eigenvalue weighted by Gasteiger charge is -2.26. The van der Waals surface area contributed by atoms with Gasteiger partial charge in [-0.1, -0.05) is 12.1 Å². The van der Waals surface area contributed by atoms with Crippen LogP contribution in [0.25, 0.3) is 0 Å². The standard InChI is InChI=1S/C19H23FN4O4S/c1-22-12-15(29(27,28)24-8-3-4-9-24)11-16(22)19(26)23(2)17(18(21)25)13-6-5-7-14(20)10-13/h5-7,10-12,17H,3-4,8-9H2,1-2H3,(H2,21,25). The van der Waals surface area contributed by atoms with Crippen molar-refractivity contribution in [1.82, 2.24) is 13.8 Å². The van der Waals surface area contributed by atoms with E-state index >= 15 is 0 Å². The molecule has 1 saturated heterocycles. The number of primary amides is 1. The van der Waals surface area contributed by atoms with Crippen LogP contribution < -0.4 is 5.73 Å². The Kier molecular flexibility index (Phi) is 5.76. The fourth-order valence-corrected chi connectivity index (χ4v) is 5.11. The molecule has 1 unspecified atom stereocenters. The molecule has 2 amide bonds. The van der Waals surface area contributed by atoms with Gasteiger partial charge in [0.15, 0.2) is 0 Å². The van der Waals surface area contributed by atoms with E-state index in [2.05, 4.69) is 0 Å². The zero-order valence-corrected chi connectivity index (χ0v) is 17.0. The van der Waals surface area contributed by atoms with E-state index < -0.39 is 33.7 Å². The number of carbonyl (C=O) groups excluding carboxylic acids is 2. The van der Waals surface area contributed by atoms with Crippen LogP contribution in [0.5, 0.6) is 0 Å². The molecule has 156 valence electrons. The van der Waals surface area contributed by atoms with Crippen molar-refractivity contribution in [3.05, 3.63) is 53.6 Å². The molecule has 0 bridgehead atoms. The maximum absolute atomic E-state index is 13.6. The fraction of sp³-hybridized carbons (Fsp3) is 0.368. The molecule has 29 heavy (non-hydrogen) atoms. The molecule has 0 radical (unpaired) electrons. The second-order valence-electron chi connectivity index (χ2n) is 7.06. The Morgan fingerprint density at radius 1 is 1.21 bits per heavy atom. The average Bonchev–Trinajstić information content (AvgIpc) is 3.31. The van der Waals surface area contributed by atoms with Crippen molar-refractivity contribution in [2.45, 2.75) is 23.8 Å². The predicted molar refractivity (Wildman–Crippen MR) is 104 cm³/mol. The second-order valence-corrected chi connectivity index (χ2v) is 9.00. The van der Waals surface area contributed by atoms with Gasteiger partial charge >= 0.3 is 0 Å². The van der Waals surface area contributed by atoms with Crippen LogP contribution in [0.15, 0.2) is 41.4 Å². The lowest BCUT2D eigenvalue weighted by atomic mass is 10.0. The largest absolute Gasteiger partial charge is 0.368 e. The highest BCUT2D eigenvalue weighted by molar-refractivity contribution is 7.89. The Morgan fingerprint density at radius 2 is 1.86 bits per heavy atom. The number of likely N-dealkylation sites (N-methyl/N-ethyl adjacent to an activating group) is 1. The monoisotopic (exact) mass is 422 g/mol. The molecule has 0 aliphatic carbocycles. The second kappa shape index (κ2) is 7.96. The van der Waals surface area contributed by atoms with Crippen molar-refractivity contribution >= 4 is 21.8 Å². The van der Waals surface area contributed by atoms with Crippen molar-refractivity contribution in [3.8, 4) is 0 Å². The highest BCUT2D eigenvalue weighted by Gasteiger charge is 2.32. The summed E-state index contributed by atoms with van der Waals surface area (Å²) in [5.41, 5.74) is 5.77. The molecule has 1 aliphatic rings. The van der Waals surface area contributed by atoms with Gasteiger partial charge in [-0.15, -0.1) is 0 Å². The zero-order valence-electron chi connectivity index (χ0n) is 16.2. The quantitative estimate of drug-likeness (QED) is 0.756. The van der Waals surface area contributed by atoms with Gasteiger partial charge in [-0.25, -0.2) is 12.8 Å². The lowest BCUT2D eigenvalue weighted by molar-refractivity contribution is -0.122. The van der Waals surface area contributed by atoms with Crippen LogP contribution in [-0.4, -0.2) is 54.1 Å². The Balaban J connectivity index is 1.93. The maximum atomic E-state index is 13.6. The molecule has 0 saturated carbocycles. The minimum atomic E-state index is -3.69. The first-order valence-corrected chi connectivity index (χ1v) is 10.6. The summed E-state index contributed by atoms with van der Waals surface area (Å²) in [4.78, 5) is 26.1. The Morgan fingerprint density at radius 3 is 2.45 bits per heavy atom. The number of sulfonamides is 1. The zero-order chi connectivity index (χ0) is 21.3. The lowest BCUT2D eigenvalue weighted by Crippen LogP contribution is -2.39. The third-order valence-corrected chi connectivity index (χ3v) is 6.91. The normalized spacial score (nSPS) is 16.0. The Hall–Kier alpha value is -2.72. The number of aromatic nitrogens is 1. The number of benzene rings is 1. The van der Waals surface area contributed by atoms with Crippen LogP contribution in [0.4, 0.5) is 4.39 Å². The number of amides is 2. The summed E-state index contributed by atoms with van der Waals surface area (Å²) in [6.45, 7) is 0.896. The molecule has 2 aromatic rings. The number of nitrogens with two attached hydrogens (primary N) is 1. The number of rotatable bonds is 6. The number of aryl methyl sites for hydroxylation is 1. The van der Waals surface area contributed by atoms with E-state index in [9.17, 15) is 22.4 Å². The van der Waals surface area contributed by atoms with Crippen molar-refractivity contribution in [2.24, 2.45) is 12.8 Å². The first-order chi connectivity index (χ1) is 13.6. The number of nitrogens with zero attached hydrogens (tertiary/aromatic N) is 3. The van der Waals surface area contributed by atoms with Crippen molar-refractivity contribution in [3.63, 3.8) is 0 Å². The summed E-state index contributed by atoms with van der Waals surface area (Å²) in [6.07, 6.45) is 2.97. The predicted octanol–water partition coefficient (Wildman–Crippen LogP) is 1.25. The molecule has 1 aromatic carbocycles. The Labute approximate surface area is 168 Å². The van der Waals surface area contributed by atoms with Gasteiger partial charge in [-0.3, -0.25) is 9.59 Å². The number of hydrogen-bond donors (Lipinski definition) is 1. The summed E-state index contributed by atoms with van der Waals surface area (Å²) in [5.74, 6) is -2.00. The molecule has 3 rings (SSSR count). The van der Waals surface area contributed by atoms with E-state index in [4.69, 9.17) is 5.73 Å². The molecule has 1 atom stereocenters. The molecule has 2 heterocycles. The molecule has 8 nitrogen and oxygen atoms in total. The smallest absolute Gasteiger partial charge is 0.271 e. The van der Waals surface area contributed by atoms with Gasteiger partial charge in [0.25, 0.3) is 5.91 Å². The van der Waals surface area contributed by atoms with Gasteiger partial charge in [0.05, 0.1) is 0 Å². The van der Waals surface area contributed by atoms with E-state index in [0.717, 1.165) is 23.8 Å². The molecular formula is C19H23FN4O4S. The van der Waals surface area contributed by atoms with Crippen molar-refractivity contribution < 1.29 is 22.4 Å². The molecule has 0 spiro atoms. The topological polar surface area (TPSA) is 106 Å². The van der Waals surface area contributed by atoms with Crippen LogP contribution in [0, 0.1) is 5.82 Å². The van der Waals surface area contributed by atoms with E-state index in [0.29, 0.717) is 13.1 Å². The van der Waals surface area contributed by atoms with E-state index in [1.807, 2.05) is 0 Å². The molecule has 1 aliphatic heterocycles. The maximum Gasteiger partial charge on any atom is 0.271 e. The van der Waals surface area contributed by atoms with Gasteiger partial charge < -0.3 is 15.2 Å². The fourth-order valence-electron chi connectivity index (χ4n) is 3.52. The molecule has 10 heteroatoms. The Bertz CT molecular complexity index is 1040. The summed E-state index contributed by atoms with van der Waals surface area (Å²) in [7, 11) is -0.781. The summed E-state index contributed by atoms with van der Waals surface area (Å²) in [5, 5.41) is 0. The third-order valence-electron chi connectivity index (χ3n) is 5.04. The van der Waals surface area contributed by atoms with Gasteiger partial charge in [0.1, 0.15) is 22.4 Å².